The number of hydrogen-bond acceptors (Lipinski definition) is 0. The Morgan fingerprint density at radius 3 is 2.38 bits per heavy atom. The molecule has 13 heavy (non-hydrogen) atoms. The van der Waals surface area contributed by atoms with Crippen molar-refractivity contribution in [3.8, 4) is 0 Å². The van der Waals surface area contributed by atoms with Gasteiger partial charge in [-0.1, -0.05) is 15.9 Å². The van der Waals surface area contributed by atoms with Gasteiger partial charge in [0.2, 0.25) is 0 Å². The lowest BCUT2D eigenvalue weighted by atomic mass is 9.71. The van der Waals surface area contributed by atoms with Crippen molar-refractivity contribution < 1.29 is 0 Å². The van der Waals surface area contributed by atoms with E-state index in [4.69, 9.17) is 0 Å². The predicted octanol–water partition coefficient (Wildman–Crippen LogP) is 3.45. The van der Waals surface area contributed by atoms with E-state index in [1.165, 1.54) is 24.2 Å². The average molecular weight is 241 g/mol. The van der Waals surface area contributed by atoms with E-state index in [1.54, 1.807) is 25.7 Å². The molecule has 1 heteroatoms. The molecule has 4 saturated carbocycles. The van der Waals surface area contributed by atoms with Crippen LogP contribution in [0.5, 0.6) is 0 Å². The van der Waals surface area contributed by atoms with Crippen molar-refractivity contribution in [1.82, 2.24) is 0 Å². The van der Waals surface area contributed by atoms with Crippen LogP contribution in [-0.2, 0) is 0 Å². The number of alkyl halides is 1. The van der Waals surface area contributed by atoms with Crippen LogP contribution < -0.4 is 0 Å². The number of fused-ring (bicyclic) bond motifs is 9. The van der Waals surface area contributed by atoms with Crippen LogP contribution >= 0.6 is 15.9 Å². The summed E-state index contributed by atoms with van der Waals surface area (Å²) in [5.74, 6) is 6.91. The quantitative estimate of drug-likeness (QED) is 0.450. The smallest absolute Gasteiger partial charge is 0.0179 e. The topological polar surface area (TPSA) is 0 Å². The first-order valence-electron chi connectivity index (χ1n) is 5.98. The Hall–Kier alpha value is 0.480. The van der Waals surface area contributed by atoms with Gasteiger partial charge >= 0.3 is 0 Å². The van der Waals surface area contributed by atoms with E-state index in [0.717, 1.165) is 22.6 Å². The third-order valence-corrected chi connectivity index (χ3v) is 6.71. The highest BCUT2D eigenvalue weighted by Gasteiger charge is 2.61. The SMILES string of the molecule is BrC1CC2CC1C1C3CCC(C3)C21. The molecule has 0 nitrogen and oxygen atoms in total. The Labute approximate surface area is 88.6 Å². The number of rotatable bonds is 0. The van der Waals surface area contributed by atoms with Crippen molar-refractivity contribution in [3.63, 3.8) is 0 Å². The molecule has 0 saturated heterocycles. The number of hydrogen-bond donors (Lipinski definition) is 0. The first kappa shape index (κ1) is 7.73. The summed E-state index contributed by atoms with van der Waals surface area (Å²) < 4.78 is 0. The molecule has 0 spiro atoms. The molecule has 0 aliphatic heterocycles. The van der Waals surface area contributed by atoms with Crippen LogP contribution in [0.15, 0.2) is 0 Å². The first-order valence-corrected chi connectivity index (χ1v) is 6.90. The van der Waals surface area contributed by atoms with Crippen LogP contribution in [0.2, 0.25) is 0 Å². The summed E-state index contributed by atoms with van der Waals surface area (Å²) in [6, 6.07) is 0. The fraction of sp³-hybridized carbons (Fsp3) is 1.00. The van der Waals surface area contributed by atoms with Crippen molar-refractivity contribution in [1.29, 1.82) is 0 Å². The minimum atomic E-state index is 0.901. The van der Waals surface area contributed by atoms with E-state index >= 15 is 0 Å². The molecule has 4 rings (SSSR count). The lowest BCUT2D eigenvalue weighted by Crippen LogP contribution is -2.32. The van der Waals surface area contributed by atoms with Crippen molar-refractivity contribution in [2.75, 3.05) is 0 Å². The highest BCUT2D eigenvalue weighted by atomic mass is 79.9. The maximum Gasteiger partial charge on any atom is 0.0179 e. The third kappa shape index (κ3) is 0.797. The highest BCUT2D eigenvalue weighted by molar-refractivity contribution is 9.09. The molecule has 0 aromatic carbocycles. The molecule has 0 amide bonds. The molecule has 72 valence electrons. The standard InChI is InChI=1S/C12H17Br/c13-10-5-8-4-9(10)12-7-2-1-6(3-7)11(8)12/h6-12H,1-5H2. The molecule has 4 aliphatic carbocycles. The van der Waals surface area contributed by atoms with Gasteiger partial charge in [0.15, 0.2) is 0 Å². The van der Waals surface area contributed by atoms with E-state index < -0.39 is 0 Å². The van der Waals surface area contributed by atoms with Gasteiger partial charge in [-0.2, -0.15) is 0 Å². The van der Waals surface area contributed by atoms with E-state index in [9.17, 15) is 0 Å². The van der Waals surface area contributed by atoms with Crippen LogP contribution in [0, 0.1) is 35.5 Å². The molecule has 7 unspecified atom stereocenters. The first-order chi connectivity index (χ1) is 6.34. The van der Waals surface area contributed by atoms with Crippen molar-refractivity contribution in [3.05, 3.63) is 0 Å². The number of halogens is 1. The van der Waals surface area contributed by atoms with Crippen LogP contribution in [0.3, 0.4) is 0 Å². The molecule has 4 aliphatic rings. The molecule has 0 aromatic rings. The Morgan fingerprint density at radius 2 is 1.54 bits per heavy atom. The zero-order valence-corrected chi connectivity index (χ0v) is 9.54. The maximum atomic E-state index is 3.90. The molecule has 7 atom stereocenters. The molecular formula is C12H17Br. The van der Waals surface area contributed by atoms with Crippen molar-refractivity contribution in [2.45, 2.75) is 36.9 Å². The van der Waals surface area contributed by atoms with Crippen LogP contribution in [0.1, 0.15) is 32.1 Å². The zero-order valence-electron chi connectivity index (χ0n) is 7.95. The third-order valence-electron chi connectivity index (χ3n) is 5.65. The second-order valence-corrected chi connectivity index (χ2v) is 7.08. The summed E-state index contributed by atoms with van der Waals surface area (Å²) in [5, 5.41) is 0. The Bertz CT molecular complexity index is 250. The Kier molecular flexibility index (Phi) is 1.39. The second kappa shape index (κ2) is 2.35. The van der Waals surface area contributed by atoms with Gasteiger partial charge < -0.3 is 0 Å². The summed E-state index contributed by atoms with van der Waals surface area (Å²) in [6.45, 7) is 0. The van der Waals surface area contributed by atoms with Gasteiger partial charge in [-0.05, 0) is 67.6 Å². The van der Waals surface area contributed by atoms with Gasteiger partial charge in [0, 0.05) is 4.83 Å². The minimum Gasteiger partial charge on any atom is -0.0887 e. The van der Waals surface area contributed by atoms with E-state index in [2.05, 4.69) is 15.9 Å². The molecule has 4 bridgehead atoms. The van der Waals surface area contributed by atoms with Gasteiger partial charge in [0.05, 0.1) is 0 Å². The van der Waals surface area contributed by atoms with E-state index in [0.29, 0.717) is 0 Å². The monoisotopic (exact) mass is 240 g/mol. The fourth-order valence-corrected chi connectivity index (χ4v) is 6.53. The van der Waals surface area contributed by atoms with Crippen molar-refractivity contribution >= 4 is 15.9 Å². The van der Waals surface area contributed by atoms with Gasteiger partial charge in [-0.25, -0.2) is 0 Å². The van der Waals surface area contributed by atoms with Crippen LogP contribution in [0.4, 0.5) is 0 Å². The molecule has 4 fully saturated rings. The van der Waals surface area contributed by atoms with Gasteiger partial charge in [0.1, 0.15) is 0 Å². The summed E-state index contributed by atoms with van der Waals surface area (Å²) in [7, 11) is 0. The lowest BCUT2D eigenvalue weighted by Gasteiger charge is -2.36. The summed E-state index contributed by atoms with van der Waals surface area (Å²) in [6.07, 6.45) is 7.87. The second-order valence-electron chi connectivity index (χ2n) is 5.90. The van der Waals surface area contributed by atoms with Gasteiger partial charge in [-0.15, -0.1) is 0 Å². The summed E-state index contributed by atoms with van der Waals surface area (Å²) in [4.78, 5) is 0.901. The Morgan fingerprint density at radius 1 is 0.769 bits per heavy atom. The van der Waals surface area contributed by atoms with E-state index in [1.807, 2.05) is 0 Å². The Balaban J connectivity index is 1.75. The molecule has 0 heterocycles. The minimum absolute atomic E-state index is 0.901. The largest absolute Gasteiger partial charge is 0.0887 e. The van der Waals surface area contributed by atoms with Crippen LogP contribution in [0.25, 0.3) is 0 Å². The van der Waals surface area contributed by atoms with Gasteiger partial charge in [-0.3, -0.25) is 0 Å². The van der Waals surface area contributed by atoms with Crippen molar-refractivity contribution in [2.24, 2.45) is 35.5 Å². The van der Waals surface area contributed by atoms with Crippen LogP contribution in [-0.4, -0.2) is 4.83 Å². The molecular weight excluding hydrogens is 224 g/mol. The highest BCUT2D eigenvalue weighted by Crippen LogP contribution is 2.68. The lowest BCUT2D eigenvalue weighted by molar-refractivity contribution is 0.151. The fourth-order valence-electron chi connectivity index (χ4n) is 5.48. The van der Waals surface area contributed by atoms with E-state index in [-0.39, 0.29) is 0 Å². The molecule has 0 N–H and O–H groups in total. The molecule has 0 aromatic heterocycles. The zero-order chi connectivity index (χ0) is 8.58. The summed E-state index contributed by atoms with van der Waals surface area (Å²) in [5.41, 5.74) is 0. The maximum absolute atomic E-state index is 3.90. The normalized spacial score (nSPS) is 67.6. The van der Waals surface area contributed by atoms with Gasteiger partial charge in [0.25, 0.3) is 0 Å². The molecule has 0 radical (unpaired) electrons. The predicted molar refractivity (Wildman–Crippen MR) is 56.7 cm³/mol. The average Bonchev–Trinajstić information content (AvgIpc) is 2.78. The summed E-state index contributed by atoms with van der Waals surface area (Å²) >= 11 is 3.90.